The Morgan fingerprint density at radius 1 is 1.12 bits per heavy atom. The number of hydrogen-bond donors (Lipinski definition) is 2. The molecule has 2 saturated heterocycles. The molecule has 4 rings (SSSR count). The van der Waals surface area contributed by atoms with Gasteiger partial charge in [-0.1, -0.05) is 0 Å². The van der Waals surface area contributed by atoms with Gasteiger partial charge in [0.2, 0.25) is 0 Å². The smallest absolute Gasteiger partial charge is 0.339 e. The van der Waals surface area contributed by atoms with Crippen molar-refractivity contribution in [2.24, 2.45) is 5.92 Å². The molecule has 33 heavy (non-hydrogen) atoms. The first-order valence-electron chi connectivity index (χ1n) is 10.9. The van der Waals surface area contributed by atoms with Crippen LogP contribution in [0.25, 0.3) is 0 Å². The number of anilines is 2. The van der Waals surface area contributed by atoms with E-state index in [4.69, 9.17) is 0 Å². The molecule has 0 aliphatic carbocycles. The van der Waals surface area contributed by atoms with Gasteiger partial charge in [-0.05, 0) is 69.0 Å². The molecule has 0 saturated carbocycles. The minimum absolute atomic E-state index is 0.0773. The predicted molar refractivity (Wildman–Crippen MR) is 119 cm³/mol. The summed E-state index contributed by atoms with van der Waals surface area (Å²) in [6.45, 7) is 4.53. The van der Waals surface area contributed by atoms with Crippen molar-refractivity contribution in [3.8, 4) is 0 Å². The van der Waals surface area contributed by atoms with Gasteiger partial charge < -0.3 is 14.9 Å². The molecule has 0 bridgehead atoms. The number of piperidine rings is 1. The third-order valence-corrected chi connectivity index (χ3v) is 7.46. The highest BCUT2D eigenvalue weighted by atomic mass is 32.2. The van der Waals surface area contributed by atoms with Gasteiger partial charge >= 0.3 is 5.97 Å². The first-order chi connectivity index (χ1) is 15.7. The molecular formula is C22H26F2N4O4S. The van der Waals surface area contributed by atoms with Gasteiger partial charge in [0.15, 0.2) is 11.6 Å². The molecule has 3 heterocycles. The molecule has 0 unspecified atom stereocenters. The average Bonchev–Trinajstić information content (AvgIpc) is 3.28. The molecule has 2 aliphatic heterocycles. The van der Waals surface area contributed by atoms with E-state index in [9.17, 15) is 27.1 Å². The second kappa shape index (κ2) is 9.60. The van der Waals surface area contributed by atoms with Crippen LogP contribution in [-0.2, 0) is 10.0 Å². The minimum atomic E-state index is -4.26. The second-order valence-electron chi connectivity index (χ2n) is 8.54. The Morgan fingerprint density at radius 3 is 2.58 bits per heavy atom. The van der Waals surface area contributed by atoms with Crippen LogP contribution in [0.1, 0.15) is 36.0 Å². The highest BCUT2D eigenvalue weighted by molar-refractivity contribution is 7.92. The van der Waals surface area contributed by atoms with Crippen LogP contribution in [0.3, 0.4) is 0 Å². The summed E-state index contributed by atoms with van der Waals surface area (Å²) in [5, 5.41) is 9.76. The highest BCUT2D eigenvalue weighted by Crippen LogP contribution is 2.28. The van der Waals surface area contributed by atoms with Crippen LogP contribution < -0.4 is 9.62 Å². The summed E-state index contributed by atoms with van der Waals surface area (Å²) in [4.78, 5) is 20.1. The Kier molecular flexibility index (Phi) is 6.80. The van der Waals surface area contributed by atoms with Gasteiger partial charge in [-0.25, -0.2) is 27.0 Å². The van der Waals surface area contributed by atoms with E-state index in [-0.39, 0.29) is 11.3 Å². The Balaban J connectivity index is 1.53. The van der Waals surface area contributed by atoms with Crippen molar-refractivity contribution in [3.05, 3.63) is 47.7 Å². The summed E-state index contributed by atoms with van der Waals surface area (Å²) in [5.74, 6) is -2.99. The number of rotatable bonds is 7. The van der Waals surface area contributed by atoms with E-state index in [0.717, 1.165) is 38.5 Å². The zero-order chi connectivity index (χ0) is 23.6. The van der Waals surface area contributed by atoms with Crippen molar-refractivity contribution in [1.82, 2.24) is 9.88 Å². The predicted octanol–water partition coefficient (Wildman–Crippen LogP) is 3.17. The first kappa shape index (κ1) is 23.4. The second-order valence-corrected chi connectivity index (χ2v) is 10.2. The van der Waals surface area contributed by atoms with Gasteiger partial charge in [0.25, 0.3) is 10.0 Å². The molecule has 1 atom stereocenters. The van der Waals surface area contributed by atoms with E-state index < -0.39 is 32.5 Å². The zero-order valence-electron chi connectivity index (χ0n) is 18.0. The number of nitrogens with one attached hydrogen (secondary N) is 1. The number of benzene rings is 1. The Labute approximate surface area is 191 Å². The molecule has 11 heteroatoms. The van der Waals surface area contributed by atoms with E-state index >= 15 is 0 Å². The molecule has 178 valence electrons. The molecule has 2 N–H and O–H groups in total. The molecule has 0 radical (unpaired) electrons. The van der Waals surface area contributed by atoms with E-state index in [2.05, 4.69) is 14.6 Å². The molecule has 0 amide bonds. The Hall–Kier alpha value is -2.79. The molecule has 8 nitrogen and oxygen atoms in total. The van der Waals surface area contributed by atoms with Crippen LogP contribution in [0.15, 0.2) is 35.4 Å². The Morgan fingerprint density at radius 2 is 1.88 bits per heavy atom. The lowest BCUT2D eigenvalue weighted by molar-refractivity contribution is 0.0697. The highest BCUT2D eigenvalue weighted by Gasteiger charge is 2.27. The zero-order valence-corrected chi connectivity index (χ0v) is 18.8. The lowest BCUT2D eigenvalue weighted by Gasteiger charge is -2.36. The van der Waals surface area contributed by atoms with E-state index in [1.807, 2.05) is 4.90 Å². The summed E-state index contributed by atoms with van der Waals surface area (Å²) in [7, 11) is -4.26. The fraction of sp³-hybridized carbons (Fsp3) is 0.455. The molecule has 0 spiro atoms. The quantitative estimate of drug-likeness (QED) is 0.628. The largest absolute Gasteiger partial charge is 0.478 e. The summed E-state index contributed by atoms with van der Waals surface area (Å²) in [6.07, 6.45) is 5.65. The van der Waals surface area contributed by atoms with Crippen molar-refractivity contribution in [2.75, 3.05) is 42.3 Å². The lowest BCUT2D eigenvalue weighted by Crippen LogP contribution is -2.41. The van der Waals surface area contributed by atoms with Crippen LogP contribution >= 0.6 is 0 Å². The van der Waals surface area contributed by atoms with Crippen molar-refractivity contribution >= 4 is 27.5 Å². The van der Waals surface area contributed by atoms with Crippen molar-refractivity contribution in [3.63, 3.8) is 0 Å². The molecule has 2 aliphatic rings. The third-order valence-electron chi connectivity index (χ3n) is 6.08. The number of carbonyl (C=O) groups is 1. The topological polar surface area (TPSA) is 103 Å². The number of aromatic nitrogens is 1. The number of carboxylic acids is 1. The van der Waals surface area contributed by atoms with Gasteiger partial charge in [-0.3, -0.25) is 4.72 Å². The maximum atomic E-state index is 13.5. The summed E-state index contributed by atoms with van der Waals surface area (Å²) in [5.41, 5.74) is -0.200. The maximum Gasteiger partial charge on any atom is 0.339 e. The number of pyridine rings is 1. The van der Waals surface area contributed by atoms with Gasteiger partial charge in [-0.2, -0.15) is 0 Å². The molecule has 2 fully saturated rings. The lowest BCUT2D eigenvalue weighted by atomic mass is 9.97. The normalized spacial score (nSPS) is 19.6. The van der Waals surface area contributed by atoms with E-state index in [1.54, 1.807) is 0 Å². The summed E-state index contributed by atoms with van der Waals surface area (Å²) in [6, 6.07) is 3.40. The van der Waals surface area contributed by atoms with Crippen molar-refractivity contribution < 1.29 is 27.1 Å². The number of aromatic carboxylic acids is 1. The number of likely N-dealkylation sites (tertiary alicyclic amines) is 1. The van der Waals surface area contributed by atoms with Crippen LogP contribution in [0.4, 0.5) is 20.3 Å². The van der Waals surface area contributed by atoms with E-state index in [0.29, 0.717) is 37.0 Å². The van der Waals surface area contributed by atoms with Gasteiger partial charge in [-0.15, -0.1) is 0 Å². The minimum Gasteiger partial charge on any atom is -0.478 e. The number of hydrogen-bond acceptors (Lipinski definition) is 6. The average molecular weight is 481 g/mol. The number of sulfonamides is 1. The van der Waals surface area contributed by atoms with Crippen LogP contribution in [0.5, 0.6) is 0 Å². The standard InChI is InChI=1S/C22H26F2N4O4S/c23-19-6-5-17(11-20(19)24)33(31,32)26-16-10-18(22(29)30)21(25-12-16)28-9-3-4-15(14-28)13-27-7-1-2-8-27/h5-6,10-12,15,26H,1-4,7-9,13-14H2,(H,29,30)/t15-/m1/s1. The van der Waals surface area contributed by atoms with Crippen LogP contribution in [0, 0.1) is 17.6 Å². The third kappa shape index (κ3) is 5.41. The Bertz CT molecular complexity index is 1140. The van der Waals surface area contributed by atoms with Gasteiger partial charge in [0.05, 0.1) is 16.8 Å². The molecular weight excluding hydrogens is 454 g/mol. The molecule has 1 aromatic carbocycles. The molecule has 2 aromatic rings. The van der Waals surface area contributed by atoms with Crippen molar-refractivity contribution in [1.29, 1.82) is 0 Å². The SMILES string of the molecule is O=C(O)c1cc(NS(=O)(=O)c2ccc(F)c(F)c2)cnc1N1CCC[C@H](CN2CCCC2)C1. The van der Waals surface area contributed by atoms with Crippen LogP contribution in [-0.4, -0.2) is 62.1 Å². The van der Waals surface area contributed by atoms with Gasteiger partial charge in [0, 0.05) is 19.6 Å². The van der Waals surface area contributed by atoms with E-state index in [1.165, 1.54) is 25.1 Å². The summed E-state index contributed by atoms with van der Waals surface area (Å²) >= 11 is 0. The fourth-order valence-electron chi connectivity index (χ4n) is 4.52. The monoisotopic (exact) mass is 480 g/mol. The van der Waals surface area contributed by atoms with Crippen molar-refractivity contribution in [2.45, 2.75) is 30.6 Å². The van der Waals surface area contributed by atoms with Gasteiger partial charge in [0.1, 0.15) is 11.4 Å². The first-order valence-corrected chi connectivity index (χ1v) is 12.4. The van der Waals surface area contributed by atoms with Crippen LogP contribution in [0.2, 0.25) is 0 Å². The fourth-order valence-corrected chi connectivity index (χ4v) is 5.56. The number of carboxylic acid groups (broad SMARTS) is 1. The summed E-state index contributed by atoms with van der Waals surface area (Å²) < 4.78 is 53.9. The maximum absolute atomic E-state index is 13.5. The number of nitrogens with zero attached hydrogens (tertiary/aromatic N) is 3. The number of halogens is 2. The molecule has 1 aromatic heterocycles.